The third-order valence-corrected chi connectivity index (χ3v) is 4.93. The molecule has 1 N–H and O–H groups in total. The average Bonchev–Trinajstić information content (AvgIpc) is 3.07. The van der Waals surface area contributed by atoms with E-state index in [2.05, 4.69) is 24.4 Å². The molecule has 0 bridgehead atoms. The van der Waals surface area contributed by atoms with Gasteiger partial charge in [0.15, 0.2) is 0 Å². The number of rotatable bonds is 16. The lowest BCUT2D eigenvalue weighted by atomic mass is 10.1. The summed E-state index contributed by atoms with van der Waals surface area (Å²) in [6.45, 7) is 2.73. The highest BCUT2D eigenvalue weighted by atomic mass is 16.5. The molecule has 1 amide bonds. The van der Waals surface area contributed by atoms with Crippen LogP contribution in [0.2, 0.25) is 0 Å². The second-order valence-corrected chi connectivity index (χ2v) is 7.41. The van der Waals surface area contributed by atoms with E-state index in [1.165, 1.54) is 70.6 Å². The van der Waals surface area contributed by atoms with Crippen molar-refractivity contribution in [2.75, 3.05) is 6.61 Å². The lowest BCUT2D eigenvalue weighted by Crippen LogP contribution is -2.34. The van der Waals surface area contributed by atoms with Gasteiger partial charge in [-0.05, 0) is 38.5 Å². The Kier molecular flexibility index (Phi) is 13.9. The zero-order chi connectivity index (χ0) is 18.9. The van der Waals surface area contributed by atoms with Gasteiger partial charge in [-0.1, -0.05) is 70.4 Å². The van der Waals surface area contributed by atoms with E-state index in [0.29, 0.717) is 19.4 Å². The Hall–Kier alpha value is -1.32. The Morgan fingerprint density at radius 2 is 1.54 bits per heavy atom. The predicted octanol–water partition coefficient (Wildman–Crippen LogP) is 5.46. The molecule has 0 aromatic carbocycles. The van der Waals surface area contributed by atoms with Crippen LogP contribution in [0.1, 0.15) is 103 Å². The number of allylic oxidation sites excluding steroid dienone is 2. The summed E-state index contributed by atoms with van der Waals surface area (Å²) in [5.41, 5.74) is 0. The minimum Gasteiger partial charge on any atom is -0.464 e. The van der Waals surface area contributed by atoms with Crippen LogP contribution in [0.3, 0.4) is 0 Å². The van der Waals surface area contributed by atoms with Crippen molar-refractivity contribution in [3.63, 3.8) is 0 Å². The van der Waals surface area contributed by atoms with Crippen molar-refractivity contribution in [1.82, 2.24) is 5.32 Å². The molecule has 1 fully saturated rings. The number of carbonyl (C=O) groups is 2. The summed E-state index contributed by atoms with van der Waals surface area (Å²) in [4.78, 5) is 22.8. The summed E-state index contributed by atoms with van der Waals surface area (Å²) in [5, 5.41) is 2.64. The van der Waals surface area contributed by atoms with Crippen molar-refractivity contribution in [1.29, 1.82) is 0 Å². The smallest absolute Gasteiger partial charge is 0.328 e. The number of ether oxygens (including phenoxy) is 1. The largest absolute Gasteiger partial charge is 0.464 e. The maximum Gasteiger partial charge on any atom is 0.328 e. The Balaban J connectivity index is 1.77. The van der Waals surface area contributed by atoms with E-state index >= 15 is 0 Å². The fourth-order valence-electron chi connectivity index (χ4n) is 3.24. The Labute approximate surface area is 160 Å². The van der Waals surface area contributed by atoms with Crippen molar-refractivity contribution in [2.24, 2.45) is 0 Å². The average molecular weight is 366 g/mol. The van der Waals surface area contributed by atoms with Crippen LogP contribution >= 0.6 is 0 Å². The highest BCUT2D eigenvalue weighted by Gasteiger charge is 2.28. The van der Waals surface area contributed by atoms with Crippen molar-refractivity contribution >= 4 is 11.9 Å². The Morgan fingerprint density at radius 1 is 0.962 bits per heavy atom. The molecule has 1 saturated heterocycles. The normalized spacial score (nSPS) is 17.0. The molecule has 0 aromatic heterocycles. The molecule has 0 aliphatic carbocycles. The zero-order valence-electron chi connectivity index (χ0n) is 16.8. The number of unbranched alkanes of at least 4 members (excludes halogenated alkanes) is 11. The molecular formula is C22H39NO3. The van der Waals surface area contributed by atoms with E-state index in [4.69, 9.17) is 4.74 Å². The quantitative estimate of drug-likeness (QED) is 0.225. The maximum absolute atomic E-state index is 11.7. The monoisotopic (exact) mass is 365 g/mol. The first kappa shape index (κ1) is 22.7. The van der Waals surface area contributed by atoms with Crippen LogP contribution < -0.4 is 5.32 Å². The Morgan fingerprint density at radius 3 is 2.12 bits per heavy atom. The Bertz CT molecular complexity index is 406. The zero-order valence-corrected chi connectivity index (χ0v) is 16.8. The molecular weight excluding hydrogens is 326 g/mol. The molecule has 1 atom stereocenters. The third-order valence-electron chi connectivity index (χ3n) is 4.93. The molecule has 0 radical (unpaired) electrons. The first-order valence-electron chi connectivity index (χ1n) is 10.8. The SMILES string of the molecule is CCCCCC/C=C/CCCCCCCCCOC(=O)[C@@H]1CCC(=O)N1. The van der Waals surface area contributed by atoms with Gasteiger partial charge < -0.3 is 10.1 Å². The second kappa shape index (κ2) is 15.9. The van der Waals surface area contributed by atoms with Crippen molar-refractivity contribution in [3.05, 3.63) is 12.2 Å². The summed E-state index contributed by atoms with van der Waals surface area (Å²) >= 11 is 0. The van der Waals surface area contributed by atoms with Crippen molar-refractivity contribution < 1.29 is 14.3 Å². The third kappa shape index (κ3) is 12.1. The number of esters is 1. The van der Waals surface area contributed by atoms with Gasteiger partial charge >= 0.3 is 5.97 Å². The predicted molar refractivity (Wildman–Crippen MR) is 107 cm³/mol. The molecule has 1 rings (SSSR count). The van der Waals surface area contributed by atoms with E-state index in [-0.39, 0.29) is 11.9 Å². The summed E-state index contributed by atoms with van der Waals surface area (Å²) < 4.78 is 5.23. The molecule has 4 heteroatoms. The van der Waals surface area contributed by atoms with Gasteiger partial charge in [-0.15, -0.1) is 0 Å². The van der Waals surface area contributed by atoms with Crippen LogP contribution in [-0.2, 0) is 14.3 Å². The molecule has 0 spiro atoms. The van der Waals surface area contributed by atoms with Gasteiger partial charge in [-0.3, -0.25) is 4.79 Å². The summed E-state index contributed by atoms with van der Waals surface area (Å²) in [7, 11) is 0. The number of nitrogens with one attached hydrogen (secondary N) is 1. The first-order chi connectivity index (χ1) is 12.7. The summed E-state index contributed by atoms with van der Waals surface area (Å²) in [5.74, 6) is -0.316. The van der Waals surface area contributed by atoms with E-state index < -0.39 is 6.04 Å². The fraction of sp³-hybridized carbons (Fsp3) is 0.818. The standard InChI is InChI=1S/C22H39NO3/c1-2-3-4-5-6-7-8-9-10-11-12-13-14-15-16-19-26-22(25)20-17-18-21(24)23-20/h7-8,20H,2-6,9-19H2,1H3,(H,23,24)/b8-7+/t20-/m0/s1. The number of hydrogen-bond donors (Lipinski definition) is 1. The molecule has 1 aliphatic rings. The highest BCUT2D eigenvalue weighted by Crippen LogP contribution is 2.11. The van der Waals surface area contributed by atoms with Gasteiger partial charge in [0.1, 0.15) is 6.04 Å². The van der Waals surface area contributed by atoms with Crippen LogP contribution in [0.15, 0.2) is 12.2 Å². The molecule has 26 heavy (non-hydrogen) atoms. The second-order valence-electron chi connectivity index (χ2n) is 7.41. The van der Waals surface area contributed by atoms with Crippen LogP contribution in [0.25, 0.3) is 0 Å². The lowest BCUT2D eigenvalue weighted by Gasteiger charge is -2.09. The van der Waals surface area contributed by atoms with Gasteiger partial charge in [-0.25, -0.2) is 4.79 Å². The van der Waals surface area contributed by atoms with Crippen LogP contribution in [0.4, 0.5) is 0 Å². The topological polar surface area (TPSA) is 55.4 Å². The molecule has 0 aromatic rings. The molecule has 0 saturated carbocycles. The molecule has 4 nitrogen and oxygen atoms in total. The van der Waals surface area contributed by atoms with Crippen LogP contribution in [0, 0.1) is 0 Å². The van der Waals surface area contributed by atoms with Gasteiger partial charge in [0, 0.05) is 6.42 Å². The summed E-state index contributed by atoms with van der Waals surface area (Å²) in [6.07, 6.45) is 22.0. The van der Waals surface area contributed by atoms with E-state index in [1.807, 2.05) is 0 Å². The number of carbonyl (C=O) groups excluding carboxylic acids is 2. The highest BCUT2D eigenvalue weighted by molar-refractivity contribution is 5.87. The van der Waals surface area contributed by atoms with Crippen LogP contribution in [-0.4, -0.2) is 24.5 Å². The van der Waals surface area contributed by atoms with E-state index in [0.717, 1.165) is 12.8 Å². The number of hydrogen-bond acceptors (Lipinski definition) is 3. The lowest BCUT2D eigenvalue weighted by molar-refractivity contribution is -0.146. The minimum absolute atomic E-state index is 0.0468. The molecule has 0 unspecified atom stereocenters. The molecule has 150 valence electrons. The minimum atomic E-state index is -0.409. The number of amides is 1. The van der Waals surface area contributed by atoms with Gasteiger partial charge in [-0.2, -0.15) is 0 Å². The van der Waals surface area contributed by atoms with Crippen molar-refractivity contribution in [2.45, 2.75) is 109 Å². The first-order valence-corrected chi connectivity index (χ1v) is 10.8. The van der Waals surface area contributed by atoms with Crippen molar-refractivity contribution in [3.8, 4) is 0 Å². The fourth-order valence-corrected chi connectivity index (χ4v) is 3.24. The van der Waals surface area contributed by atoms with Gasteiger partial charge in [0.05, 0.1) is 6.61 Å². The van der Waals surface area contributed by atoms with E-state index in [9.17, 15) is 9.59 Å². The van der Waals surface area contributed by atoms with Gasteiger partial charge in [0.25, 0.3) is 0 Å². The van der Waals surface area contributed by atoms with Gasteiger partial charge in [0.2, 0.25) is 5.91 Å². The molecule has 1 heterocycles. The van der Waals surface area contributed by atoms with E-state index in [1.54, 1.807) is 0 Å². The summed E-state index contributed by atoms with van der Waals surface area (Å²) in [6, 6.07) is -0.409. The molecule has 1 aliphatic heterocycles. The van der Waals surface area contributed by atoms with Crippen LogP contribution in [0.5, 0.6) is 0 Å². The maximum atomic E-state index is 11.7.